The molecule has 0 radical (unpaired) electrons. The van der Waals surface area contributed by atoms with E-state index in [4.69, 9.17) is 0 Å². The number of imide groups is 1. The molecule has 1 atom stereocenters. The number of carbonyl (C=O) groups is 2. The molecule has 1 N–H and O–H groups in total. The van der Waals surface area contributed by atoms with Crippen LogP contribution in [-0.2, 0) is 9.59 Å². The minimum atomic E-state index is -0.127. The Morgan fingerprint density at radius 1 is 1.11 bits per heavy atom. The van der Waals surface area contributed by atoms with Crippen LogP contribution in [0.15, 0.2) is 12.2 Å². The van der Waals surface area contributed by atoms with Gasteiger partial charge in [-0.2, -0.15) is 0 Å². The van der Waals surface area contributed by atoms with Gasteiger partial charge in [0.1, 0.15) is 0 Å². The van der Waals surface area contributed by atoms with Crippen molar-refractivity contribution in [2.24, 2.45) is 0 Å². The van der Waals surface area contributed by atoms with Gasteiger partial charge in [0.2, 0.25) is 0 Å². The Hall–Kier alpha value is -1.16. The van der Waals surface area contributed by atoms with Crippen LogP contribution in [0.25, 0.3) is 0 Å². The van der Waals surface area contributed by atoms with Gasteiger partial charge in [-0.05, 0) is 32.2 Å². The number of hydrogen-bond donors (Lipinski definition) is 1. The van der Waals surface area contributed by atoms with E-state index in [9.17, 15) is 9.59 Å². The van der Waals surface area contributed by atoms with Crippen LogP contribution in [0, 0.1) is 0 Å². The standard InChI is InChI=1S/C14H20N2O2/c17-12-4-5-13(18)16(12)11-6-9-15-14(10-11)7-2-1-3-8-14/h4-5,11,15H,1-3,6-10H2. The summed E-state index contributed by atoms with van der Waals surface area (Å²) in [5, 5.41) is 3.65. The van der Waals surface area contributed by atoms with Crippen LogP contribution in [0.5, 0.6) is 0 Å². The zero-order chi connectivity index (χ0) is 12.6. The lowest BCUT2D eigenvalue weighted by Crippen LogP contribution is -2.58. The van der Waals surface area contributed by atoms with Crippen LogP contribution in [0.2, 0.25) is 0 Å². The third-order valence-electron chi connectivity index (χ3n) is 4.62. The quantitative estimate of drug-likeness (QED) is 0.713. The lowest BCUT2D eigenvalue weighted by atomic mass is 9.74. The topological polar surface area (TPSA) is 49.4 Å². The third-order valence-corrected chi connectivity index (χ3v) is 4.62. The third kappa shape index (κ3) is 1.99. The van der Waals surface area contributed by atoms with Crippen molar-refractivity contribution < 1.29 is 9.59 Å². The van der Waals surface area contributed by atoms with Crippen molar-refractivity contribution >= 4 is 11.8 Å². The Labute approximate surface area is 107 Å². The molecule has 3 rings (SSSR count). The number of amides is 2. The monoisotopic (exact) mass is 248 g/mol. The first-order valence-corrected chi connectivity index (χ1v) is 7.01. The number of nitrogens with one attached hydrogen (secondary N) is 1. The average molecular weight is 248 g/mol. The maximum atomic E-state index is 11.8. The molecule has 4 heteroatoms. The van der Waals surface area contributed by atoms with Crippen LogP contribution < -0.4 is 5.32 Å². The number of piperidine rings is 1. The molecule has 1 saturated carbocycles. The van der Waals surface area contributed by atoms with Crippen molar-refractivity contribution in [2.45, 2.75) is 56.5 Å². The van der Waals surface area contributed by atoms with Gasteiger partial charge in [0, 0.05) is 23.7 Å². The molecule has 98 valence electrons. The van der Waals surface area contributed by atoms with Gasteiger partial charge in [-0.1, -0.05) is 19.3 Å². The van der Waals surface area contributed by atoms with Gasteiger partial charge in [0.25, 0.3) is 11.8 Å². The maximum absolute atomic E-state index is 11.8. The van der Waals surface area contributed by atoms with Crippen LogP contribution in [0.1, 0.15) is 44.9 Å². The molecule has 2 fully saturated rings. The summed E-state index contributed by atoms with van der Waals surface area (Å²) in [6, 6.07) is 0.0966. The fourth-order valence-corrected chi connectivity index (χ4v) is 3.73. The number of hydrogen-bond acceptors (Lipinski definition) is 3. The van der Waals surface area contributed by atoms with Crippen LogP contribution in [0.3, 0.4) is 0 Å². The van der Waals surface area contributed by atoms with Crippen molar-refractivity contribution in [1.82, 2.24) is 10.2 Å². The molecule has 1 unspecified atom stereocenters. The van der Waals surface area contributed by atoms with Crippen molar-refractivity contribution in [3.63, 3.8) is 0 Å². The summed E-state index contributed by atoms with van der Waals surface area (Å²) in [5.74, 6) is -0.254. The lowest BCUT2D eigenvalue weighted by molar-refractivity contribution is -0.140. The number of carbonyl (C=O) groups excluding carboxylic acids is 2. The highest BCUT2D eigenvalue weighted by molar-refractivity contribution is 6.13. The Balaban J connectivity index is 1.74. The summed E-state index contributed by atoms with van der Waals surface area (Å²) in [7, 11) is 0. The predicted octanol–water partition coefficient (Wildman–Crippen LogP) is 1.37. The first-order valence-electron chi connectivity index (χ1n) is 7.01. The van der Waals surface area contributed by atoms with Gasteiger partial charge in [-0.3, -0.25) is 14.5 Å². The fourth-order valence-electron chi connectivity index (χ4n) is 3.73. The highest BCUT2D eigenvalue weighted by Crippen LogP contribution is 2.36. The van der Waals surface area contributed by atoms with Gasteiger partial charge in [0.15, 0.2) is 0 Å². The van der Waals surface area contributed by atoms with Gasteiger partial charge >= 0.3 is 0 Å². The van der Waals surface area contributed by atoms with Crippen molar-refractivity contribution in [3.8, 4) is 0 Å². The minimum absolute atomic E-state index is 0.0966. The molecular weight excluding hydrogens is 228 g/mol. The Kier molecular flexibility index (Phi) is 2.98. The SMILES string of the molecule is O=C1C=CC(=O)N1C1CCNC2(CCCCC2)C1. The molecule has 2 heterocycles. The molecular formula is C14H20N2O2. The molecule has 18 heavy (non-hydrogen) atoms. The molecule has 0 aromatic rings. The van der Waals surface area contributed by atoms with E-state index < -0.39 is 0 Å². The molecule has 2 aliphatic heterocycles. The van der Waals surface area contributed by atoms with E-state index in [0.717, 1.165) is 19.4 Å². The first-order chi connectivity index (χ1) is 8.70. The van der Waals surface area contributed by atoms with Gasteiger partial charge in [-0.25, -0.2) is 0 Å². The van der Waals surface area contributed by atoms with Gasteiger partial charge in [0.05, 0.1) is 0 Å². The molecule has 0 bridgehead atoms. The molecule has 1 saturated heterocycles. The molecule has 3 aliphatic rings. The minimum Gasteiger partial charge on any atom is -0.311 e. The summed E-state index contributed by atoms with van der Waals surface area (Å²) >= 11 is 0. The smallest absolute Gasteiger partial charge is 0.253 e. The van der Waals surface area contributed by atoms with Crippen molar-refractivity contribution in [3.05, 3.63) is 12.2 Å². The zero-order valence-electron chi connectivity index (χ0n) is 10.7. The second kappa shape index (κ2) is 4.50. The van der Waals surface area contributed by atoms with E-state index in [0.29, 0.717) is 0 Å². The summed E-state index contributed by atoms with van der Waals surface area (Å²) < 4.78 is 0. The van der Waals surface area contributed by atoms with E-state index in [2.05, 4.69) is 5.32 Å². The Bertz CT molecular complexity index is 373. The maximum Gasteiger partial charge on any atom is 0.253 e. The molecule has 0 aromatic carbocycles. The zero-order valence-corrected chi connectivity index (χ0v) is 10.7. The summed E-state index contributed by atoms with van der Waals surface area (Å²) in [5.41, 5.74) is 0.185. The predicted molar refractivity (Wildman–Crippen MR) is 67.8 cm³/mol. The largest absolute Gasteiger partial charge is 0.311 e. The number of rotatable bonds is 1. The van der Waals surface area contributed by atoms with Crippen molar-refractivity contribution in [2.75, 3.05) is 6.54 Å². The van der Waals surface area contributed by atoms with Crippen LogP contribution >= 0.6 is 0 Å². The Morgan fingerprint density at radius 3 is 2.44 bits per heavy atom. The normalized spacial score (nSPS) is 31.3. The highest BCUT2D eigenvalue weighted by Gasteiger charge is 2.41. The van der Waals surface area contributed by atoms with Gasteiger partial charge < -0.3 is 5.32 Å². The van der Waals surface area contributed by atoms with Crippen LogP contribution in [0.4, 0.5) is 0 Å². The molecule has 1 aliphatic carbocycles. The van der Waals surface area contributed by atoms with E-state index >= 15 is 0 Å². The molecule has 0 aromatic heterocycles. The lowest BCUT2D eigenvalue weighted by Gasteiger charge is -2.46. The van der Waals surface area contributed by atoms with E-state index in [1.165, 1.54) is 49.2 Å². The second-order valence-electron chi connectivity index (χ2n) is 5.79. The highest BCUT2D eigenvalue weighted by atomic mass is 16.2. The van der Waals surface area contributed by atoms with E-state index in [1.807, 2.05) is 0 Å². The second-order valence-corrected chi connectivity index (χ2v) is 5.79. The Morgan fingerprint density at radius 2 is 1.78 bits per heavy atom. The fraction of sp³-hybridized carbons (Fsp3) is 0.714. The molecule has 1 spiro atoms. The summed E-state index contributed by atoms with van der Waals surface area (Å²) in [6.45, 7) is 0.918. The summed E-state index contributed by atoms with van der Waals surface area (Å²) in [6.07, 6.45) is 10.8. The van der Waals surface area contributed by atoms with E-state index in [1.54, 1.807) is 0 Å². The molecule has 2 amide bonds. The average Bonchev–Trinajstić information content (AvgIpc) is 2.70. The number of nitrogens with zero attached hydrogens (tertiary/aromatic N) is 1. The van der Waals surface area contributed by atoms with E-state index in [-0.39, 0.29) is 23.4 Å². The molecule has 4 nitrogen and oxygen atoms in total. The summed E-state index contributed by atoms with van der Waals surface area (Å²) in [4.78, 5) is 25.0. The van der Waals surface area contributed by atoms with Gasteiger partial charge in [-0.15, -0.1) is 0 Å². The van der Waals surface area contributed by atoms with Crippen LogP contribution in [-0.4, -0.2) is 34.8 Å². The van der Waals surface area contributed by atoms with Crippen molar-refractivity contribution in [1.29, 1.82) is 0 Å². The first kappa shape index (κ1) is 11.9.